The van der Waals surface area contributed by atoms with Crippen LogP contribution in [-0.4, -0.2) is 5.78 Å². The number of rotatable bonds is 2. The van der Waals surface area contributed by atoms with Crippen molar-refractivity contribution in [3.63, 3.8) is 0 Å². The summed E-state index contributed by atoms with van der Waals surface area (Å²) in [6, 6.07) is 15.9. The van der Waals surface area contributed by atoms with E-state index in [1.165, 1.54) is 11.3 Å². The lowest BCUT2D eigenvalue weighted by molar-refractivity contribution is 0.104. The van der Waals surface area contributed by atoms with Crippen LogP contribution in [0.15, 0.2) is 53.0 Å². The molecule has 0 aliphatic carbocycles. The van der Waals surface area contributed by atoms with Gasteiger partial charge in [-0.25, -0.2) is 0 Å². The highest BCUT2D eigenvalue weighted by Gasteiger charge is 2.15. The molecule has 0 amide bonds. The van der Waals surface area contributed by atoms with Gasteiger partial charge in [0.25, 0.3) is 0 Å². The van der Waals surface area contributed by atoms with Gasteiger partial charge >= 0.3 is 0 Å². The van der Waals surface area contributed by atoms with Crippen molar-refractivity contribution in [2.24, 2.45) is 0 Å². The molecule has 1 nitrogen and oxygen atoms in total. The van der Waals surface area contributed by atoms with Gasteiger partial charge in [0.2, 0.25) is 5.78 Å². The molecule has 0 bridgehead atoms. The zero-order valence-corrected chi connectivity index (χ0v) is 12.7. The van der Waals surface area contributed by atoms with Crippen LogP contribution < -0.4 is 0 Å². The van der Waals surface area contributed by atoms with Gasteiger partial charge in [-0.1, -0.05) is 36.4 Å². The van der Waals surface area contributed by atoms with Gasteiger partial charge < -0.3 is 0 Å². The van der Waals surface area contributed by atoms with Crippen LogP contribution >= 0.6 is 27.3 Å². The molecule has 0 spiro atoms. The number of benzene rings is 2. The van der Waals surface area contributed by atoms with Gasteiger partial charge in [0, 0.05) is 14.9 Å². The molecule has 3 rings (SSSR count). The van der Waals surface area contributed by atoms with Crippen LogP contribution in [0.4, 0.5) is 0 Å². The maximum atomic E-state index is 12.5. The lowest BCUT2D eigenvalue weighted by Crippen LogP contribution is -1.99. The standard InChI is InChI=1S/C16H11BrOS/c1-10-8-14(17)16(19-10)15(18)13-7-6-11-4-2-3-5-12(11)9-13/h2-9H,1H3. The van der Waals surface area contributed by atoms with E-state index in [4.69, 9.17) is 0 Å². The quantitative estimate of drug-likeness (QED) is 0.590. The first kappa shape index (κ1) is 12.6. The van der Waals surface area contributed by atoms with Crippen LogP contribution in [-0.2, 0) is 0 Å². The lowest BCUT2D eigenvalue weighted by Gasteiger charge is -2.02. The Morgan fingerprint density at radius 1 is 1.05 bits per heavy atom. The fourth-order valence-corrected chi connectivity index (χ4v) is 3.88. The van der Waals surface area contributed by atoms with Crippen molar-refractivity contribution < 1.29 is 4.79 Å². The smallest absolute Gasteiger partial charge is 0.204 e. The van der Waals surface area contributed by atoms with Gasteiger partial charge in [0.05, 0.1) is 4.88 Å². The molecule has 2 aromatic carbocycles. The van der Waals surface area contributed by atoms with Crippen LogP contribution in [0, 0.1) is 6.92 Å². The average molecular weight is 331 g/mol. The summed E-state index contributed by atoms with van der Waals surface area (Å²) >= 11 is 4.98. The molecule has 0 aliphatic rings. The van der Waals surface area contributed by atoms with Gasteiger partial charge in [0.1, 0.15) is 0 Å². The number of aryl methyl sites for hydroxylation is 1. The SMILES string of the molecule is Cc1cc(Br)c(C(=O)c2ccc3ccccc3c2)s1. The molecule has 3 heteroatoms. The summed E-state index contributed by atoms with van der Waals surface area (Å²) in [5, 5.41) is 2.25. The Morgan fingerprint density at radius 3 is 2.47 bits per heavy atom. The first-order valence-corrected chi connectivity index (χ1v) is 7.55. The molecule has 0 aliphatic heterocycles. The number of ketones is 1. The first-order valence-electron chi connectivity index (χ1n) is 5.94. The lowest BCUT2D eigenvalue weighted by atomic mass is 10.0. The van der Waals surface area contributed by atoms with Crippen molar-refractivity contribution in [3.8, 4) is 0 Å². The molecule has 19 heavy (non-hydrogen) atoms. The third kappa shape index (κ3) is 2.36. The monoisotopic (exact) mass is 330 g/mol. The summed E-state index contributed by atoms with van der Waals surface area (Å²) in [6.07, 6.45) is 0. The van der Waals surface area contributed by atoms with Gasteiger partial charge in [-0.15, -0.1) is 11.3 Å². The topological polar surface area (TPSA) is 17.1 Å². The summed E-state index contributed by atoms with van der Waals surface area (Å²) in [5.74, 6) is 0.0794. The molecule has 0 fully saturated rings. The predicted octanol–water partition coefficient (Wildman–Crippen LogP) is 5.20. The van der Waals surface area contributed by atoms with Crippen molar-refractivity contribution in [1.82, 2.24) is 0 Å². The minimum atomic E-state index is 0.0794. The fourth-order valence-electron chi connectivity index (χ4n) is 2.10. The Hall–Kier alpha value is -1.45. The molecule has 94 valence electrons. The Morgan fingerprint density at radius 2 is 1.79 bits per heavy atom. The minimum absolute atomic E-state index is 0.0794. The second-order valence-electron chi connectivity index (χ2n) is 4.43. The Kier molecular flexibility index (Phi) is 3.25. The van der Waals surface area contributed by atoms with Crippen LogP contribution in [0.2, 0.25) is 0 Å². The summed E-state index contributed by atoms with van der Waals surface area (Å²) < 4.78 is 0.883. The summed E-state index contributed by atoms with van der Waals surface area (Å²) in [4.78, 5) is 14.4. The number of hydrogen-bond donors (Lipinski definition) is 0. The van der Waals surface area contributed by atoms with Gasteiger partial charge in [0.15, 0.2) is 0 Å². The maximum absolute atomic E-state index is 12.5. The molecule has 1 heterocycles. The van der Waals surface area contributed by atoms with Crippen molar-refractivity contribution >= 4 is 43.8 Å². The van der Waals surface area contributed by atoms with Crippen LogP contribution in [0.3, 0.4) is 0 Å². The van der Waals surface area contributed by atoms with Crippen LogP contribution in [0.5, 0.6) is 0 Å². The third-order valence-electron chi connectivity index (χ3n) is 3.03. The molecule has 0 saturated carbocycles. The second kappa shape index (κ2) is 4.91. The largest absolute Gasteiger partial charge is 0.288 e. The van der Waals surface area contributed by atoms with E-state index >= 15 is 0 Å². The highest BCUT2D eigenvalue weighted by atomic mass is 79.9. The van der Waals surface area contributed by atoms with E-state index in [0.717, 1.165) is 30.6 Å². The van der Waals surface area contributed by atoms with Crippen LogP contribution in [0.25, 0.3) is 10.8 Å². The zero-order valence-electron chi connectivity index (χ0n) is 10.3. The maximum Gasteiger partial charge on any atom is 0.204 e. The molecule has 0 radical (unpaired) electrons. The first-order chi connectivity index (χ1) is 9.15. The second-order valence-corrected chi connectivity index (χ2v) is 6.54. The van der Waals surface area contributed by atoms with E-state index in [1.54, 1.807) is 0 Å². The molecular weight excluding hydrogens is 320 g/mol. The Labute approximate surface area is 124 Å². The van der Waals surface area contributed by atoms with Crippen molar-refractivity contribution in [3.05, 3.63) is 68.3 Å². The molecule has 1 aromatic heterocycles. The Bertz CT molecular complexity index is 773. The van der Waals surface area contributed by atoms with E-state index in [-0.39, 0.29) is 5.78 Å². The molecule has 0 atom stereocenters. The van der Waals surface area contributed by atoms with Crippen LogP contribution in [0.1, 0.15) is 20.1 Å². The normalized spacial score (nSPS) is 10.8. The molecule has 3 aromatic rings. The van der Waals surface area contributed by atoms with E-state index in [0.29, 0.717) is 0 Å². The molecule has 0 unspecified atom stereocenters. The number of thiophene rings is 1. The van der Waals surface area contributed by atoms with Gasteiger partial charge in [-0.3, -0.25) is 4.79 Å². The van der Waals surface area contributed by atoms with Gasteiger partial charge in [-0.05, 0) is 45.8 Å². The van der Waals surface area contributed by atoms with Crippen molar-refractivity contribution in [2.75, 3.05) is 0 Å². The van der Waals surface area contributed by atoms with Crippen molar-refractivity contribution in [1.29, 1.82) is 0 Å². The predicted molar refractivity (Wildman–Crippen MR) is 84.1 cm³/mol. The summed E-state index contributed by atoms with van der Waals surface area (Å²) in [5.41, 5.74) is 0.737. The summed E-state index contributed by atoms with van der Waals surface area (Å²) in [7, 11) is 0. The van der Waals surface area contributed by atoms with E-state index < -0.39 is 0 Å². The molecule has 0 saturated heterocycles. The fraction of sp³-hybridized carbons (Fsp3) is 0.0625. The van der Waals surface area contributed by atoms with E-state index in [1.807, 2.05) is 49.4 Å². The number of hydrogen-bond acceptors (Lipinski definition) is 2. The highest BCUT2D eigenvalue weighted by Crippen LogP contribution is 2.29. The molecule has 0 N–H and O–H groups in total. The van der Waals surface area contributed by atoms with Crippen molar-refractivity contribution in [2.45, 2.75) is 6.92 Å². The number of carbonyl (C=O) groups is 1. The average Bonchev–Trinajstić information content (AvgIpc) is 2.76. The zero-order chi connectivity index (χ0) is 13.4. The van der Waals surface area contributed by atoms with Gasteiger partial charge in [-0.2, -0.15) is 0 Å². The number of fused-ring (bicyclic) bond motifs is 1. The number of halogens is 1. The highest BCUT2D eigenvalue weighted by molar-refractivity contribution is 9.10. The van der Waals surface area contributed by atoms with E-state index in [9.17, 15) is 4.79 Å². The third-order valence-corrected chi connectivity index (χ3v) is 4.96. The molecular formula is C16H11BrOS. The number of carbonyl (C=O) groups excluding carboxylic acids is 1. The van der Waals surface area contributed by atoms with E-state index in [2.05, 4.69) is 22.0 Å². The summed E-state index contributed by atoms with van der Waals surface area (Å²) in [6.45, 7) is 2.01. The Balaban J connectivity index is 2.09. The minimum Gasteiger partial charge on any atom is -0.288 e.